The van der Waals surface area contributed by atoms with Crippen molar-refractivity contribution in [1.29, 1.82) is 0 Å². The summed E-state index contributed by atoms with van der Waals surface area (Å²) in [6.45, 7) is 2.95. The second-order valence-electron chi connectivity index (χ2n) is 5.52. The predicted octanol–water partition coefficient (Wildman–Crippen LogP) is 2.07. The van der Waals surface area contributed by atoms with Gasteiger partial charge in [-0.05, 0) is 31.2 Å². The zero-order chi connectivity index (χ0) is 16.9. The van der Waals surface area contributed by atoms with E-state index in [4.69, 9.17) is 0 Å². The molecular weight excluding hydrogens is 304 g/mol. The van der Waals surface area contributed by atoms with Gasteiger partial charge in [-0.15, -0.1) is 0 Å². The Hall–Kier alpha value is -3.15. The second-order valence-corrected chi connectivity index (χ2v) is 5.52. The van der Waals surface area contributed by atoms with Gasteiger partial charge in [-0.2, -0.15) is 0 Å². The molecule has 3 rings (SSSR count). The highest BCUT2D eigenvalue weighted by molar-refractivity contribution is 6.06. The molecule has 1 amide bonds. The second kappa shape index (κ2) is 6.95. The van der Waals surface area contributed by atoms with E-state index >= 15 is 0 Å². The molecule has 6 nitrogen and oxygen atoms in total. The lowest BCUT2D eigenvalue weighted by Gasteiger charge is -2.09. The van der Waals surface area contributed by atoms with Gasteiger partial charge in [0, 0.05) is 42.5 Å². The molecule has 0 unspecified atom stereocenters. The maximum absolute atomic E-state index is 12.4. The molecule has 2 heterocycles. The van der Waals surface area contributed by atoms with E-state index in [2.05, 4.69) is 20.6 Å². The lowest BCUT2D eigenvalue weighted by Crippen LogP contribution is -2.29. The summed E-state index contributed by atoms with van der Waals surface area (Å²) in [6.07, 6.45) is 3.42. The summed E-state index contributed by atoms with van der Waals surface area (Å²) in [6, 6.07) is 10.7. The Bertz CT molecular complexity index is 919. The van der Waals surface area contributed by atoms with Gasteiger partial charge in [0.2, 0.25) is 5.56 Å². The van der Waals surface area contributed by atoms with Crippen LogP contribution in [0.25, 0.3) is 10.9 Å². The van der Waals surface area contributed by atoms with E-state index in [0.717, 1.165) is 16.6 Å². The van der Waals surface area contributed by atoms with Crippen molar-refractivity contribution in [2.75, 3.05) is 18.4 Å². The van der Waals surface area contributed by atoms with Crippen LogP contribution >= 0.6 is 0 Å². The number of aryl methyl sites for hydroxylation is 1. The highest BCUT2D eigenvalue weighted by atomic mass is 16.2. The van der Waals surface area contributed by atoms with Crippen LogP contribution in [0.15, 0.2) is 53.6 Å². The van der Waals surface area contributed by atoms with Gasteiger partial charge in [-0.1, -0.05) is 11.6 Å². The minimum absolute atomic E-state index is 0.260. The topological polar surface area (TPSA) is 86.9 Å². The Morgan fingerprint density at radius 2 is 2.08 bits per heavy atom. The van der Waals surface area contributed by atoms with Crippen molar-refractivity contribution in [1.82, 2.24) is 15.3 Å². The molecule has 3 aromatic rings. The van der Waals surface area contributed by atoms with Gasteiger partial charge in [0.15, 0.2) is 0 Å². The molecule has 0 saturated carbocycles. The molecule has 0 bridgehead atoms. The third-order valence-electron chi connectivity index (χ3n) is 3.64. The molecular formula is C18H18N4O2. The minimum atomic E-state index is -0.287. The zero-order valence-electron chi connectivity index (χ0n) is 13.3. The molecule has 0 fully saturated rings. The Morgan fingerprint density at radius 1 is 1.21 bits per heavy atom. The highest BCUT2D eigenvalue weighted by Crippen LogP contribution is 2.16. The standard InChI is InChI=1S/C18H18N4O2/c1-12-4-5-16-14(9-12)15(10-17(23)22-16)18(24)21-8-7-20-13-3-2-6-19-11-13/h2-6,9-11,20H,7-8H2,1H3,(H,21,24)(H,22,23). The number of nitrogens with zero attached hydrogens (tertiary/aromatic N) is 1. The number of nitrogens with one attached hydrogen (secondary N) is 3. The summed E-state index contributed by atoms with van der Waals surface area (Å²) in [7, 11) is 0. The van der Waals surface area contributed by atoms with E-state index in [-0.39, 0.29) is 11.5 Å². The predicted molar refractivity (Wildman–Crippen MR) is 94.4 cm³/mol. The fraction of sp³-hybridized carbons (Fsp3) is 0.167. The first-order valence-corrected chi connectivity index (χ1v) is 7.69. The number of hydrogen-bond acceptors (Lipinski definition) is 4. The fourth-order valence-corrected chi connectivity index (χ4v) is 2.50. The van der Waals surface area contributed by atoms with Gasteiger partial charge >= 0.3 is 0 Å². The van der Waals surface area contributed by atoms with Gasteiger partial charge in [0.25, 0.3) is 5.91 Å². The van der Waals surface area contributed by atoms with Crippen LogP contribution < -0.4 is 16.2 Å². The fourth-order valence-electron chi connectivity index (χ4n) is 2.50. The SMILES string of the molecule is Cc1ccc2[nH]c(=O)cc(C(=O)NCCNc3cccnc3)c2c1. The molecule has 1 aromatic carbocycles. The first-order chi connectivity index (χ1) is 11.6. The molecule has 0 aliphatic rings. The highest BCUT2D eigenvalue weighted by Gasteiger charge is 2.11. The van der Waals surface area contributed by atoms with Crippen molar-refractivity contribution in [3.05, 3.63) is 70.3 Å². The molecule has 3 N–H and O–H groups in total. The third kappa shape index (κ3) is 3.60. The monoisotopic (exact) mass is 322 g/mol. The van der Waals surface area contributed by atoms with E-state index in [1.54, 1.807) is 12.4 Å². The largest absolute Gasteiger partial charge is 0.382 e. The summed E-state index contributed by atoms with van der Waals surface area (Å²) >= 11 is 0. The summed E-state index contributed by atoms with van der Waals surface area (Å²) in [5.41, 5.74) is 2.68. The molecule has 6 heteroatoms. The van der Waals surface area contributed by atoms with Crippen LogP contribution in [0, 0.1) is 6.92 Å². The molecule has 0 atom stereocenters. The van der Waals surface area contributed by atoms with Crippen LogP contribution in [0.1, 0.15) is 15.9 Å². The number of anilines is 1. The van der Waals surface area contributed by atoms with Crippen molar-refractivity contribution in [3.8, 4) is 0 Å². The number of amides is 1. The van der Waals surface area contributed by atoms with E-state index in [1.165, 1.54) is 6.07 Å². The quantitative estimate of drug-likeness (QED) is 0.628. The summed E-state index contributed by atoms with van der Waals surface area (Å²) < 4.78 is 0. The van der Waals surface area contributed by atoms with E-state index in [9.17, 15) is 9.59 Å². The number of carbonyl (C=O) groups is 1. The average Bonchev–Trinajstić information content (AvgIpc) is 2.59. The van der Waals surface area contributed by atoms with Crippen LogP contribution in [0.3, 0.4) is 0 Å². The average molecular weight is 322 g/mol. The van der Waals surface area contributed by atoms with Crippen LogP contribution in [-0.2, 0) is 0 Å². The Kier molecular flexibility index (Phi) is 4.56. The van der Waals surface area contributed by atoms with Gasteiger partial charge < -0.3 is 15.6 Å². The van der Waals surface area contributed by atoms with Crippen LogP contribution in [0.2, 0.25) is 0 Å². The third-order valence-corrected chi connectivity index (χ3v) is 3.64. The van der Waals surface area contributed by atoms with Crippen molar-refractivity contribution in [2.24, 2.45) is 0 Å². The number of H-pyrrole nitrogens is 1. The van der Waals surface area contributed by atoms with Crippen molar-refractivity contribution in [3.63, 3.8) is 0 Å². The van der Waals surface area contributed by atoms with Gasteiger partial charge in [0.1, 0.15) is 0 Å². The Balaban J connectivity index is 1.70. The van der Waals surface area contributed by atoms with E-state index in [1.807, 2.05) is 37.3 Å². The number of aromatic nitrogens is 2. The number of carbonyl (C=O) groups excluding carboxylic acids is 1. The lowest BCUT2D eigenvalue weighted by atomic mass is 10.1. The molecule has 0 saturated heterocycles. The maximum atomic E-state index is 12.4. The molecule has 2 aromatic heterocycles. The first kappa shape index (κ1) is 15.7. The number of fused-ring (bicyclic) bond motifs is 1. The molecule has 0 aliphatic heterocycles. The lowest BCUT2D eigenvalue weighted by molar-refractivity contribution is 0.0956. The number of benzene rings is 1. The number of aromatic amines is 1. The van der Waals surface area contributed by atoms with Gasteiger partial charge in [0.05, 0.1) is 11.3 Å². The summed E-state index contributed by atoms with van der Waals surface area (Å²) in [5, 5.41) is 6.74. The van der Waals surface area contributed by atoms with E-state index in [0.29, 0.717) is 24.2 Å². The summed E-state index contributed by atoms with van der Waals surface area (Å²) in [5.74, 6) is -0.260. The smallest absolute Gasteiger partial charge is 0.252 e. The van der Waals surface area contributed by atoms with Crippen LogP contribution in [0.5, 0.6) is 0 Å². The molecule has 0 radical (unpaired) electrons. The van der Waals surface area contributed by atoms with Crippen LogP contribution in [-0.4, -0.2) is 29.0 Å². The number of hydrogen-bond donors (Lipinski definition) is 3. The first-order valence-electron chi connectivity index (χ1n) is 7.69. The van der Waals surface area contributed by atoms with E-state index < -0.39 is 0 Å². The molecule has 24 heavy (non-hydrogen) atoms. The van der Waals surface area contributed by atoms with Crippen molar-refractivity contribution in [2.45, 2.75) is 6.92 Å². The molecule has 122 valence electrons. The van der Waals surface area contributed by atoms with Crippen molar-refractivity contribution < 1.29 is 4.79 Å². The number of pyridine rings is 2. The maximum Gasteiger partial charge on any atom is 0.252 e. The molecule has 0 spiro atoms. The van der Waals surface area contributed by atoms with Gasteiger partial charge in [-0.3, -0.25) is 14.6 Å². The Labute approximate surface area is 138 Å². The normalized spacial score (nSPS) is 10.5. The number of rotatable bonds is 5. The zero-order valence-corrected chi connectivity index (χ0v) is 13.3. The van der Waals surface area contributed by atoms with Gasteiger partial charge in [-0.25, -0.2) is 0 Å². The van der Waals surface area contributed by atoms with Crippen molar-refractivity contribution >= 4 is 22.5 Å². The summed E-state index contributed by atoms with van der Waals surface area (Å²) in [4.78, 5) is 30.9. The Morgan fingerprint density at radius 3 is 2.88 bits per heavy atom. The molecule has 0 aliphatic carbocycles. The minimum Gasteiger partial charge on any atom is -0.382 e. The van der Waals surface area contributed by atoms with Crippen LogP contribution in [0.4, 0.5) is 5.69 Å².